The van der Waals surface area contributed by atoms with Crippen LogP contribution in [0, 0.1) is 0 Å². The molecule has 1 N–H and O–H groups in total. The van der Waals surface area contributed by atoms with Gasteiger partial charge in [-0.1, -0.05) is 12.1 Å². The Morgan fingerprint density at radius 3 is 2.62 bits per heavy atom. The third kappa shape index (κ3) is 3.36. The first-order valence-corrected chi connectivity index (χ1v) is 10.2. The van der Waals surface area contributed by atoms with E-state index in [1.807, 2.05) is 0 Å². The van der Waals surface area contributed by atoms with Gasteiger partial charge in [-0.05, 0) is 24.3 Å². The molecule has 4 rings (SSSR count). The number of nitrogens with zero attached hydrogens (tertiary/aromatic N) is 3. The zero-order valence-corrected chi connectivity index (χ0v) is 16.2. The van der Waals surface area contributed by atoms with E-state index in [1.165, 1.54) is 35.3 Å². The van der Waals surface area contributed by atoms with Crippen LogP contribution in [0.1, 0.15) is 5.69 Å². The van der Waals surface area contributed by atoms with Gasteiger partial charge in [0.25, 0.3) is 5.56 Å². The summed E-state index contributed by atoms with van der Waals surface area (Å²) in [4.78, 5) is 45.6. The minimum atomic E-state index is -1.37. The van der Waals surface area contributed by atoms with Gasteiger partial charge in [0.2, 0.25) is 0 Å². The molecule has 3 heterocycles. The zero-order valence-electron chi connectivity index (χ0n) is 15.4. The first-order chi connectivity index (χ1) is 14.0. The predicted molar refractivity (Wildman–Crippen MR) is 110 cm³/mol. The number of fused-ring (bicyclic) bond motifs is 1. The van der Waals surface area contributed by atoms with E-state index in [0.717, 1.165) is 4.57 Å². The first-order valence-electron chi connectivity index (χ1n) is 8.68. The molecule has 0 amide bonds. The van der Waals surface area contributed by atoms with Crippen molar-refractivity contribution in [3.8, 4) is 5.69 Å². The number of rotatable bonds is 4. The molecule has 0 aliphatic carbocycles. The summed E-state index contributed by atoms with van der Waals surface area (Å²) in [5, 5.41) is 0.238. The van der Waals surface area contributed by atoms with Gasteiger partial charge in [0.1, 0.15) is 0 Å². The number of H-pyrrole nitrogens is 1. The normalized spacial score (nSPS) is 12.2. The number of hydrogen-bond donors (Lipinski definition) is 1. The molecule has 0 saturated carbocycles. The predicted octanol–water partition coefficient (Wildman–Crippen LogP) is 1.02. The topological polar surface area (TPSA) is 107 Å². The molecule has 0 saturated heterocycles. The Labute approximate surface area is 166 Å². The van der Waals surface area contributed by atoms with E-state index < -0.39 is 22.0 Å². The summed E-state index contributed by atoms with van der Waals surface area (Å²) >= 11 is 0. The van der Waals surface area contributed by atoms with Gasteiger partial charge in [-0.2, -0.15) is 0 Å². The lowest BCUT2D eigenvalue weighted by Gasteiger charge is -2.15. The Bertz CT molecular complexity index is 1430. The molecule has 1 atom stereocenters. The molecule has 146 valence electrons. The van der Waals surface area contributed by atoms with Crippen molar-refractivity contribution in [2.24, 2.45) is 0 Å². The fourth-order valence-corrected chi connectivity index (χ4v) is 3.91. The highest BCUT2D eigenvalue weighted by Crippen LogP contribution is 2.19. The summed E-state index contributed by atoms with van der Waals surface area (Å²) in [5.41, 5.74) is -0.409. The minimum Gasteiger partial charge on any atom is -0.363 e. The highest BCUT2D eigenvalue weighted by Gasteiger charge is 2.18. The molecule has 0 radical (unpaired) electrons. The minimum absolute atomic E-state index is 0.115. The molecule has 29 heavy (non-hydrogen) atoms. The van der Waals surface area contributed by atoms with Crippen molar-refractivity contribution in [2.75, 3.05) is 6.26 Å². The molecule has 0 aliphatic heterocycles. The molecular formula is C20H16N4O4S. The van der Waals surface area contributed by atoms with Crippen molar-refractivity contribution in [3.05, 3.63) is 97.7 Å². The number of hydrogen-bond acceptors (Lipinski definition) is 5. The van der Waals surface area contributed by atoms with Gasteiger partial charge in [-0.3, -0.25) is 18.4 Å². The van der Waals surface area contributed by atoms with Gasteiger partial charge >= 0.3 is 5.69 Å². The van der Waals surface area contributed by atoms with Crippen LogP contribution in [0.25, 0.3) is 16.7 Å². The second-order valence-corrected chi connectivity index (χ2v) is 7.70. The van der Waals surface area contributed by atoms with E-state index >= 15 is 0 Å². The molecule has 0 aliphatic rings. The third-order valence-corrected chi connectivity index (χ3v) is 5.44. The molecule has 0 spiro atoms. The largest absolute Gasteiger partial charge is 0.363 e. The number of aromatic nitrogens is 4. The van der Waals surface area contributed by atoms with Crippen LogP contribution in [0.5, 0.6) is 0 Å². The maximum atomic E-state index is 13.4. The molecule has 9 heteroatoms. The Balaban J connectivity index is 2.08. The van der Waals surface area contributed by atoms with Crippen LogP contribution >= 0.6 is 0 Å². The molecule has 4 aromatic rings. The van der Waals surface area contributed by atoms with Gasteiger partial charge in [0, 0.05) is 36.5 Å². The molecule has 1 unspecified atom stereocenters. The van der Waals surface area contributed by atoms with Crippen LogP contribution < -0.4 is 16.7 Å². The van der Waals surface area contributed by atoms with Crippen LogP contribution in [0.3, 0.4) is 0 Å². The molecular weight excluding hydrogens is 392 g/mol. The van der Waals surface area contributed by atoms with E-state index in [2.05, 4.69) is 9.97 Å². The van der Waals surface area contributed by atoms with Gasteiger partial charge in [-0.15, -0.1) is 0 Å². The molecule has 1 aromatic carbocycles. The average molecular weight is 408 g/mol. The summed E-state index contributed by atoms with van der Waals surface area (Å²) in [6, 6.07) is 12.6. The lowest BCUT2D eigenvalue weighted by Crippen LogP contribution is -2.40. The van der Waals surface area contributed by atoms with Crippen molar-refractivity contribution in [1.29, 1.82) is 0 Å². The summed E-state index contributed by atoms with van der Waals surface area (Å²) in [6.45, 7) is -0.115. The van der Waals surface area contributed by atoms with Crippen LogP contribution in [-0.4, -0.2) is 29.6 Å². The van der Waals surface area contributed by atoms with Gasteiger partial charge < -0.3 is 4.98 Å². The summed E-state index contributed by atoms with van der Waals surface area (Å²) < 4.78 is 14.6. The summed E-state index contributed by atoms with van der Waals surface area (Å²) in [6.07, 6.45) is 4.46. The number of nitrogens with one attached hydrogen (secondary N) is 1. The number of para-hydroxylation sites is 1. The Morgan fingerprint density at radius 1 is 1.07 bits per heavy atom. The van der Waals surface area contributed by atoms with Crippen molar-refractivity contribution in [2.45, 2.75) is 11.4 Å². The molecule has 0 fully saturated rings. The second kappa shape index (κ2) is 7.44. The number of benzene rings is 1. The Kier molecular flexibility index (Phi) is 4.81. The quantitative estimate of drug-likeness (QED) is 0.543. The lowest BCUT2D eigenvalue weighted by molar-refractivity contribution is 0.665. The molecule has 8 nitrogen and oxygen atoms in total. The van der Waals surface area contributed by atoms with Crippen LogP contribution in [0.2, 0.25) is 0 Å². The van der Waals surface area contributed by atoms with Crippen LogP contribution in [0.15, 0.2) is 80.2 Å². The van der Waals surface area contributed by atoms with Gasteiger partial charge in [0.15, 0.2) is 11.1 Å². The maximum Gasteiger partial charge on any atom is 0.337 e. The van der Waals surface area contributed by atoms with Crippen LogP contribution in [0.4, 0.5) is 0 Å². The average Bonchev–Trinajstić information content (AvgIpc) is 2.71. The summed E-state index contributed by atoms with van der Waals surface area (Å²) in [7, 11) is -1.37. The fourth-order valence-electron chi connectivity index (χ4n) is 3.18. The van der Waals surface area contributed by atoms with Crippen molar-refractivity contribution in [3.63, 3.8) is 0 Å². The highest BCUT2D eigenvalue weighted by atomic mass is 32.2. The number of aromatic amines is 1. The smallest absolute Gasteiger partial charge is 0.337 e. The second-order valence-electron chi connectivity index (χ2n) is 6.36. The highest BCUT2D eigenvalue weighted by molar-refractivity contribution is 7.84. The van der Waals surface area contributed by atoms with E-state index in [9.17, 15) is 18.6 Å². The van der Waals surface area contributed by atoms with Crippen LogP contribution in [-0.2, 0) is 17.3 Å². The third-order valence-electron chi connectivity index (χ3n) is 4.47. The van der Waals surface area contributed by atoms with E-state index in [4.69, 9.17) is 0 Å². The van der Waals surface area contributed by atoms with E-state index in [-0.39, 0.29) is 23.0 Å². The Hall–Kier alpha value is -3.59. The standard InChI is InChI=1S/C20H16N4O4S/c1-29(28)17-7-3-2-6-16(17)24-18-15(5-4-9-22-18)19(26)23(20(24)27)12-13-11-14(25)8-10-21-13/h2-11H,12H2,1H3,(H,21,25). The molecule has 3 aromatic heterocycles. The van der Waals surface area contributed by atoms with Crippen molar-refractivity contribution in [1.82, 2.24) is 19.1 Å². The monoisotopic (exact) mass is 408 g/mol. The van der Waals surface area contributed by atoms with Crippen molar-refractivity contribution >= 4 is 21.8 Å². The SMILES string of the molecule is CS(=O)c1ccccc1-n1c(=O)n(Cc2cc(=O)cc[nH]2)c(=O)c2cccnc21. The van der Waals surface area contributed by atoms with Gasteiger partial charge in [0.05, 0.1) is 33.3 Å². The fraction of sp³-hybridized carbons (Fsp3) is 0.100. The Morgan fingerprint density at radius 2 is 1.86 bits per heavy atom. The van der Waals surface area contributed by atoms with Gasteiger partial charge in [-0.25, -0.2) is 14.3 Å². The maximum absolute atomic E-state index is 13.4. The van der Waals surface area contributed by atoms with Crippen molar-refractivity contribution < 1.29 is 4.21 Å². The zero-order chi connectivity index (χ0) is 20.5. The van der Waals surface area contributed by atoms with E-state index in [1.54, 1.807) is 36.4 Å². The first kappa shape index (κ1) is 18.8. The number of pyridine rings is 2. The summed E-state index contributed by atoms with van der Waals surface area (Å²) in [5.74, 6) is 0. The van der Waals surface area contributed by atoms with E-state index in [0.29, 0.717) is 16.3 Å². The lowest BCUT2D eigenvalue weighted by atomic mass is 10.2. The molecule has 0 bridgehead atoms.